The topological polar surface area (TPSA) is 3.24 Å². The second kappa shape index (κ2) is 11.6. The van der Waals surface area contributed by atoms with Gasteiger partial charge in [-0.2, -0.15) is 0 Å². The fraction of sp³-hybridized carbons (Fsp3) is 0. The zero-order valence-corrected chi connectivity index (χ0v) is 27.5. The standard InChI is InChI=1S/C48H32BN/c1-3-16-33(17-4-1)36-24-15-25-37(34-18-5-2-6-19-34)48(36)49-44-26-11-13-28-46(44)50(47-29-14-12-27-45(47)49)35-30-31-42-40-22-8-7-20-38(40)39-21-9-10-23-41(39)43(42)32-35/h1-32H. The zero-order chi connectivity index (χ0) is 33.0. The molecule has 1 nitrogen and oxygen atoms in total. The van der Waals surface area contributed by atoms with Gasteiger partial charge in [0.15, 0.2) is 0 Å². The Morgan fingerprint density at radius 2 is 0.740 bits per heavy atom. The Morgan fingerprint density at radius 1 is 0.320 bits per heavy atom. The van der Waals surface area contributed by atoms with Crippen molar-refractivity contribution in [2.45, 2.75) is 0 Å². The molecule has 232 valence electrons. The minimum Gasteiger partial charge on any atom is -0.312 e. The molecular weight excluding hydrogens is 601 g/mol. The second-order valence-electron chi connectivity index (χ2n) is 13.2. The van der Waals surface area contributed by atoms with Gasteiger partial charge in [-0.25, -0.2) is 0 Å². The van der Waals surface area contributed by atoms with Crippen molar-refractivity contribution in [3.63, 3.8) is 0 Å². The van der Waals surface area contributed by atoms with E-state index in [1.54, 1.807) is 0 Å². The molecule has 2 heteroatoms. The molecule has 0 amide bonds. The summed E-state index contributed by atoms with van der Waals surface area (Å²) in [7, 11) is 0. The Morgan fingerprint density at radius 3 is 1.26 bits per heavy atom. The molecule has 9 aromatic rings. The highest BCUT2D eigenvalue weighted by Crippen LogP contribution is 2.41. The van der Waals surface area contributed by atoms with E-state index in [0.29, 0.717) is 0 Å². The molecule has 0 atom stereocenters. The molecule has 10 rings (SSSR count). The third-order valence-electron chi connectivity index (χ3n) is 10.5. The summed E-state index contributed by atoms with van der Waals surface area (Å²) in [4.78, 5) is 2.48. The van der Waals surface area contributed by atoms with Crippen LogP contribution < -0.4 is 21.3 Å². The first-order valence-corrected chi connectivity index (χ1v) is 17.4. The predicted octanol–water partition coefficient (Wildman–Crippen LogP) is 10.8. The minimum absolute atomic E-state index is 0.0236. The third kappa shape index (κ3) is 4.42. The highest BCUT2D eigenvalue weighted by Gasteiger charge is 2.37. The molecule has 1 aliphatic heterocycles. The van der Waals surface area contributed by atoms with Gasteiger partial charge in [-0.05, 0) is 89.8 Å². The number of anilines is 3. The molecular formula is C48H32BN. The SMILES string of the molecule is c1ccc(-c2cccc(-c3ccccc3)c2B2c3ccccc3N(c3ccc4c5ccccc5c5ccccc5c4c3)c3ccccc32)cc1. The van der Waals surface area contributed by atoms with E-state index in [-0.39, 0.29) is 6.71 Å². The molecule has 0 fully saturated rings. The highest BCUT2D eigenvalue weighted by atomic mass is 15.1. The van der Waals surface area contributed by atoms with Gasteiger partial charge in [0.05, 0.1) is 0 Å². The number of para-hydroxylation sites is 2. The van der Waals surface area contributed by atoms with Crippen molar-refractivity contribution < 1.29 is 0 Å². The summed E-state index contributed by atoms with van der Waals surface area (Å²) in [5.41, 5.74) is 12.5. The van der Waals surface area contributed by atoms with Gasteiger partial charge in [-0.1, -0.05) is 175 Å². The molecule has 0 saturated heterocycles. The summed E-state index contributed by atoms with van der Waals surface area (Å²) in [6.45, 7) is 0.0236. The number of hydrogen-bond acceptors (Lipinski definition) is 1. The average Bonchev–Trinajstić information content (AvgIpc) is 3.20. The molecule has 0 N–H and O–H groups in total. The maximum atomic E-state index is 2.48. The van der Waals surface area contributed by atoms with E-state index in [0.717, 1.165) is 5.69 Å². The van der Waals surface area contributed by atoms with E-state index in [4.69, 9.17) is 0 Å². The Balaban J connectivity index is 1.25. The summed E-state index contributed by atoms with van der Waals surface area (Å²) in [6.07, 6.45) is 0. The van der Waals surface area contributed by atoms with Crippen LogP contribution in [0.25, 0.3) is 54.6 Å². The largest absolute Gasteiger partial charge is 0.312 e. The third-order valence-corrected chi connectivity index (χ3v) is 10.5. The Bertz CT molecular complexity index is 2580. The summed E-state index contributed by atoms with van der Waals surface area (Å²) >= 11 is 0. The second-order valence-corrected chi connectivity index (χ2v) is 13.2. The van der Waals surface area contributed by atoms with Gasteiger partial charge < -0.3 is 4.90 Å². The van der Waals surface area contributed by atoms with Gasteiger partial charge in [0.2, 0.25) is 6.71 Å². The van der Waals surface area contributed by atoms with Gasteiger partial charge in [0, 0.05) is 17.1 Å². The molecule has 0 unspecified atom stereocenters. The fourth-order valence-electron chi connectivity index (χ4n) is 8.41. The number of fused-ring (bicyclic) bond motifs is 8. The van der Waals surface area contributed by atoms with Crippen LogP contribution in [0.3, 0.4) is 0 Å². The van der Waals surface area contributed by atoms with Crippen molar-refractivity contribution in [1.29, 1.82) is 0 Å². The van der Waals surface area contributed by atoms with Crippen LogP contribution in [-0.4, -0.2) is 6.71 Å². The first kappa shape index (κ1) is 28.6. The molecule has 0 radical (unpaired) electrons. The number of benzene rings is 9. The molecule has 1 heterocycles. The lowest BCUT2D eigenvalue weighted by Gasteiger charge is -2.38. The van der Waals surface area contributed by atoms with E-state index in [1.165, 1.54) is 82.3 Å². The van der Waals surface area contributed by atoms with Crippen molar-refractivity contribution in [2.24, 2.45) is 0 Å². The molecule has 9 aromatic carbocycles. The molecule has 0 bridgehead atoms. The molecule has 0 aromatic heterocycles. The van der Waals surface area contributed by atoms with Crippen LogP contribution in [0.4, 0.5) is 17.1 Å². The smallest absolute Gasteiger partial charge is 0.248 e. The summed E-state index contributed by atoms with van der Waals surface area (Å²) in [6, 6.07) is 71.3. The van der Waals surface area contributed by atoms with Crippen molar-refractivity contribution >= 4 is 72.5 Å². The van der Waals surface area contributed by atoms with Gasteiger partial charge in [0.25, 0.3) is 0 Å². The van der Waals surface area contributed by atoms with Gasteiger partial charge in [0.1, 0.15) is 0 Å². The average molecular weight is 634 g/mol. The first-order valence-electron chi connectivity index (χ1n) is 17.4. The van der Waals surface area contributed by atoms with E-state index < -0.39 is 0 Å². The van der Waals surface area contributed by atoms with Gasteiger partial charge in [-0.15, -0.1) is 0 Å². The lowest BCUT2D eigenvalue weighted by Crippen LogP contribution is -2.58. The number of hydrogen-bond donors (Lipinski definition) is 0. The van der Waals surface area contributed by atoms with Crippen LogP contribution in [0.15, 0.2) is 194 Å². The van der Waals surface area contributed by atoms with Crippen molar-refractivity contribution in [2.75, 3.05) is 4.90 Å². The van der Waals surface area contributed by atoms with Crippen molar-refractivity contribution in [1.82, 2.24) is 0 Å². The molecule has 0 spiro atoms. The lowest BCUT2D eigenvalue weighted by molar-refractivity contribution is 1.30. The Kier molecular flexibility index (Phi) is 6.67. The molecule has 1 aliphatic rings. The number of rotatable bonds is 4. The Labute approximate surface area is 292 Å². The van der Waals surface area contributed by atoms with Crippen molar-refractivity contribution in [3.05, 3.63) is 194 Å². The van der Waals surface area contributed by atoms with Crippen LogP contribution in [0.1, 0.15) is 0 Å². The molecule has 50 heavy (non-hydrogen) atoms. The summed E-state index contributed by atoms with van der Waals surface area (Å²) in [5.74, 6) is 0. The van der Waals surface area contributed by atoms with Crippen molar-refractivity contribution in [3.8, 4) is 22.3 Å². The zero-order valence-electron chi connectivity index (χ0n) is 27.5. The van der Waals surface area contributed by atoms with E-state index >= 15 is 0 Å². The quantitative estimate of drug-likeness (QED) is 0.138. The number of nitrogens with zero attached hydrogens (tertiary/aromatic N) is 1. The Hall–Kier alpha value is -6.38. The van der Waals surface area contributed by atoms with Crippen LogP contribution in [0.2, 0.25) is 0 Å². The van der Waals surface area contributed by atoms with Crippen LogP contribution in [-0.2, 0) is 0 Å². The van der Waals surface area contributed by atoms with Crippen LogP contribution in [0, 0.1) is 0 Å². The highest BCUT2D eigenvalue weighted by molar-refractivity contribution is 6.99. The fourth-order valence-corrected chi connectivity index (χ4v) is 8.41. The van der Waals surface area contributed by atoms with Gasteiger partial charge >= 0.3 is 0 Å². The lowest BCUT2D eigenvalue weighted by atomic mass is 9.33. The van der Waals surface area contributed by atoms with E-state index in [1.807, 2.05) is 0 Å². The molecule has 0 aliphatic carbocycles. The van der Waals surface area contributed by atoms with Crippen LogP contribution in [0.5, 0.6) is 0 Å². The van der Waals surface area contributed by atoms with Gasteiger partial charge in [-0.3, -0.25) is 0 Å². The monoisotopic (exact) mass is 633 g/mol. The first-order chi connectivity index (χ1) is 24.8. The van der Waals surface area contributed by atoms with Crippen LogP contribution >= 0.6 is 0 Å². The summed E-state index contributed by atoms with van der Waals surface area (Å²) < 4.78 is 0. The van der Waals surface area contributed by atoms with E-state index in [2.05, 4.69) is 199 Å². The maximum absolute atomic E-state index is 2.48. The normalized spacial score (nSPS) is 12.3. The minimum atomic E-state index is 0.0236. The van der Waals surface area contributed by atoms with E-state index in [9.17, 15) is 0 Å². The maximum Gasteiger partial charge on any atom is 0.248 e. The molecule has 0 saturated carbocycles. The summed E-state index contributed by atoms with van der Waals surface area (Å²) in [5, 5.41) is 7.71. The predicted molar refractivity (Wildman–Crippen MR) is 216 cm³/mol.